The quantitative estimate of drug-likeness (QED) is 0.874. The minimum atomic E-state index is -1.02. The zero-order chi connectivity index (χ0) is 14.1. The Bertz CT molecular complexity index is 661. The Labute approximate surface area is 117 Å². The van der Waals surface area contributed by atoms with Gasteiger partial charge < -0.3 is 10.8 Å². The van der Waals surface area contributed by atoms with E-state index in [1.165, 1.54) is 25.5 Å². The topological polar surface area (TPSA) is 76.2 Å². The first kappa shape index (κ1) is 12.9. The molecule has 1 aromatic heterocycles. The van der Waals surface area contributed by atoms with Crippen LogP contribution in [0, 0.1) is 0 Å². The Morgan fingerprint density at radius 3 is 2.70 bits per heavy atom. The minimum absolute atomic E-state index is 0.0979. The molecule has 0 aliphatic heterocycles. The van der Waals surface area contributed by atoms with Crippen molar-refractivity contribution in [2.24, 2.45) is 0 Å². The standard InChI is InChI=1S/C16H18N2O2/c17-15-12(16(19)20)9-18-13-8-4-7-11(14(13)15)10-5-2-1-3-6-10/h4,7-10H,1-3,5-6H2,(H2,17,18)(H,19,20). The van der Waals surface area contributed by atoms with Gasteiger partial charge in [-0.05, 0) is 30.4 Å². The molecular formula is C16H18N2O2. The summed E-state index contributed by atoms with van der Waals surface area (Å²) >= 11 is 0. The van der Waals surface area contributed by atoms with Crippen molar-refractivity contribution in [2.75, 3.05) is 5.73 Å². The van der Waals surface area contributed by atoms with Gasteiger partial charge in [0.05, 0.1) is 11.2 Å². The normalized spacial score (nSPS) is 16.4. The van der Waals surface area contributed by atoms with E-state index < -0.39 is 5.97 Å². The number of carbonyl (C=O) groups is 1. The molecule has 0 amide bonds. The van der Waals surface area contributed by atoms with Crippen molar-refractivity contribution in [3.8, 4) is 0 Å². The molecule has 1 fully saturated rings. The van der Waals surface area contributed by atoms with Gasteiger partial charge in [0.1, 0.15) is 5.56 Å². The summed E-state index contributed by atoms with van der Waals surface area (Å²) in [5, 5.41) is 10.0. The van der Waals surface area contributed by atoms with Gasteiger partial charge in [0.15, 0.2) is 0 Å². The summed E-state index contributed by atoms with van der Waals surface area (Å²) in [6, 6.07) is 5.95. The fraction of sp³-hybridized carbons (Fsp3) is 0.375. The summed E-state index contributed by atoms with van der Waals surface area (Å²) in [7, 11) is 0. The van der Waals surface area contributed by atoms with Crippen LogP contribution in [-0.2, 0) is 0 Å². The van der Waals surface area contributed by atoms with Crippen molar-refractivity contribution in [3.05, 3.63) is 35.5 Å². The van der Waals surface area contributed by atoms with Crippen molar-refractivity contribution in [1.29, 1.82) is 0 Å². The van der Waals surface area contributed by atoms with E-state index in [0.717, 1.165) is 29.3 Å². The maximum atomic E-state index is 11.2. The van der Waals surface area contributed by atoms with Crippen molar-refractivity contribution in [2.45, 2.75) is 38.0 Å². The van der Waals surface area contributed by atoms with Crippen molar-refractivity contribution in [3.63, 3.8) is 0 Å². The van der Waals surface area contributed by atoms with Crippen LogP contribution in [0.2, 0.25) is 0 Å². The first-order chi connectivity index (χ1) is 9.68. The largest absolute Gasteiger partial charge is 0.478 e. The number of carboxylic acid groups (broad SMARTS) is 1. The van der Waals surface area contributed by atoms with Gasteiger partial charge in [-0.15, -0.1) is 0 Å². The Morgan fingerprint density at radius 1 is 1.25 bits per heavy atom. The number of nitrogens with zero attached hydrogens (tertiary/aromatic N) is 1. The molecule has 0 atom stereocenters. The first-order valence-corrected chi connectivity index (χ1v) is 7.09. The smallest absolute Gasteiger partial charge is 0.339 e. The monoisotopic (exact) mass is 270 g/mol. The highest BCUT2D eigenvalue weighted by atomic mass is 16.4. The highest BCUT2D eigenvalue weighted by Gasteiger charge is 2.21. The zero-order valence-electron chi connectivity index (χ0n) is 11.3. The highest BCUT2D eigenvalue weighted by Crippen LogP contribution is 2.38. The van der Waals surface area contributed by atoms with Crippen molar-refractivity contribution >= 4 is 22.6 Å². The summed E-state index contributed by atoms with van der Waals surface area (Å²) in [6.07, 6.45) is 7.39. The minimum Gasteiger partial charge on any atom is -0.478 e. The van der Waals surface area contributed by atoms with E-state index in [4.69, 9.17) is 5.73 Å². The molecule has 0 unspecified atom stereocenters. The third kappa shape index (κ3) is 2.11. The zero-order valence-corrected chi connectivity index (χ0v) is 11.3. The fourth-order valence-electron chi connectivity index (χ4n) is 3.22. The number of rotatable bonds is 2. The molecule has 3 N–H and O–H groups in total. The van der Waals surface area contributed by atoms with Gasteiger partial charge in [0, 0.05) is 11.6 Å². The lowest BCUT2D eigenvalue weighted by Gasteiger charge is -2.24. The molecular weight excluding hydrogens is 252 g/mol. The molecule has 3 rings (SSSR count). The predicted octanol–water partition coefficient (Wildman–Crippen LogP) is 3.56. The maximum absolute atomic E-state index is 11.2. The Hall–Kier alpha value is -2.10. The molecule has 0 saturated heterocycles. The van der Waals surface area contributed by atoms with Crippen molar-refractivity contribution < 1.29 is 9.90 Å². The van der Waals surface area contributed by atoms with E-state index in [9.17, 15) is 9.90 Å². The van der Waals surface area contributed by atoms with Crippen LogP contribution in [0.3, 0.4) is 0 Å². The van der Waals surface area contributed by atoms with Crippen LogP contribution in [-0.4, -0.2) is 16.1 Å². The van der Waals surface area contributed by atoms with Crippen LogP contribution in [0.4, 0.5) is 5.69 Å². The molecule has 104 valence electrons. The van der Waals surface area contributed by atoms with E-state index in [0.29, 0.717) is 11.6 Å². The average molecular weight is 270 g/mol. The molecule has 1 aliphatic rings. The van der Waals surface area contributed by atoms with Gasteiger partial charge in [0.25, 0.3) is 0 Å². The summed E-state index contributed by atoms with van der Waals surface area (Å²) in [5.41, 5.74) is 8.50. The molecule has 4 nitrogen and oxygen atoms in total. The van der Waals surface area contributed by atoms with Gasteiger partial charge >= 0.3 is 5.97 Å². The number of aromatic carboxylic acids is 1. The van der Waals surface area contributed by atoms with Crippen molar-refractivity contribution in [1.82, 2.24) is 4.98 Å². The first-order valence-electron chi connectivity index (χ1n) is 7.09. The average Bonchev–Trinajstić information content (AvgIpc) is 2.47. The Morgan fingerprint density at radius 2 is 2.00 bits per heavy atom. The number of hydrogen-bond acceptors (Lipinski definition) is 3. The number of nitrogen functional groups attached to an aromatic ring is 1. The van der Waals surface area contributed by atoms with Crippen LogP contribution in [0.5, 0.6) is 0 Å². The molecule has 1 heterocycles. The van der Waals surface area contributed by atoms with Crippen LogP contribution in [0.1, 0.15) is 53.9 Å². The number of anilines is 1. The third-order valence-electron chi connectivity index (χ3n) is 4.24. The highest BCUT2D eigenvalue weighted by molar-refractivity contribution is 6.04. The van der Waals surface area contributed by atoms with Crippen LogP contribution >= 0.6 is 0 Å². The van der Waals surface area contributed by atoms with Crippen LogP contribution in [0.15, 0.2) is 24.4 Å². The number of nitrogens with two attached hydrogens (primary N) is 1. The number of benzene rings is 1. The molecule has 4 heteroatoms. The second kappa shape index (κ2) is 5.12. The summed E-state index contributed by atoms with van der Waals surface area (Å²) < 4.78 is 0. The number of fused-ring (bicyclic) bond motifs is 1. The second-order valence-corrected chi connectivity index (χ2v) is 5.47. The SMILES string of the molecule is Nc1c(C(=O)O)cnc2cccc(C3CCCCC3)c12. The number of carboxylic acids is 1. The molecule has 0 radical (unpaired) electrons. The Balaban J connectivity index is 2.20. The molecule has 1 aliphatic carbocycles. The molecule has 1 aromatic carbocycles. The number of pyridine rings is 1. The number of hydrogen-bond donors (Lipinski definition) is 2. The van der Waals surface area contributed by atoms with Crippen LogP contribution in [0.25, 0.3) is 10.9 Å². The fourth-order valence-corrected chi connectivity index (χ4v) is 3.22. The van der Waals surface area contributed by atoms with Gasteiger partial charge in [-0.25, -0.2) is 4.79 Å². The molecule has 20 heavy (non-hydrogen) atoms. The third-order valence-corrected chi connectivity index (χ3v) is 4.24. The van der Waals surface area contributed by atoms with E-state index >= 15 is 0 Å². The molecule has 0 bridgehead atoms. The Kier molecular flexibility index (Phi) is 3.30. The van der Waals surface area contributed by atoms with Gasteiger partial charge in [-0.1, -0.05) is 31.4 Å². The van der Waals surface area contributed by atoms with Gasteiger partial charge in [-0.2, -0.15) is 0 Å². The molecule has 1 saturated carbocycles. The molecule has 0 spiro atoms. The summed E-state index contributed by atoms with van der Waals surface area (Å²) in [4.78, 5) is 15.5. The summed E-state index contributed by atoms with van der Waals surface area (Å²) in [6.45, 7) is 0. The van der Waals surface area contributed by atoms with E-state index in [1.54, 1.807) is 0 Å². The number of aromatic nitrogens is 1. The molecule has 2 aromatic rings. The van der Waals surface area contributed by atoms with Gasteiger partial charge in [0.2, 0.25) is 0 Å². The van der Waals surface area contributed by atoms with E-state index in [1.807, 2.05) is 12.1 Å². The van der Waals surface area contributed by atoms with E-state index in [-0.39, 0.29) is 5.56 Å². The lowest BCUT2D eigenvalue weighted by Crippen LogP contribution is -2.09. The van der Waals surface area contributed by atoms with Crippen LogP contribution < -0.4 is 5.73 Å². The second-order valence-electron chi connectivity index (χ2n) is 5.47. The van der Waals surface area contributed by atoms with Gasteiger partial charge in [-0.3, -0.25) is 4.98 Å². The summed E-state index contributed by atoms with van der Waals surface area (Å²) in [5.74, 6) is -0.545. The van der Waals surface area contributed by atoms with E-state index in [2.05, 4.69) is 11.1 Å². The maximum Gasteiger partial charge on any atom is 0.339 e. The predicted molar refractivity (Wildman–Crippen MR) is 78.9 cm³/mol. The lowest BCUT2D eigenvalue weighted by molar-refractivity contribution is 0.0698. The lowest BCUT2D eigenvalue weighted by atomic mass is 9.82.